The van der Waals surface area contributed by atoms with Gasteiger partial charge in [-0.05, 0) is 70.6 Å². The minimum Gasteiger partial charge on any atom is -0.756 e. The molecule has 0 aliphatic rings. The van der Waals surface area contributed by atoms with Crippen LogP contribution in [0.1, 0.15) is 303 Å². The SMILES string of the molecule is CC/C=C\C/C=C\C/C=C\C/C=C\C/C=C\C/C=C\C/C=C\CCCCCC(=O)OC(COC(=O)CCCCCCCCCCCCCCCCCCCCCCCCCCCCCCCCCC)COP(=O)([O-])OCC[N+](C)(C)C. The van der Waals surface area contributed by atoms with Gasteiger partial charge in [-0.3, -0.25) is 14.2 Å². The summed E-state index contributed by atoms with van der Waals surface area (Å²) in [6.07, 6.45) is 83.9. The van der Waals surface area contributed by atoms with Crippen molar-refractivity contribution in [2.75, 3.05) is 47.5 Å². The van der Waals surface area contributed by atoms with Crippen LogP contribution in [0.25, 0.3) is 0 Å². The van der Waals surface area contributed by atoms with Crippen molar-refractivity contribution in [3.8, 4) is 0 Å². The summed E-state index contributed by atoms with van der Waals surface area (Å²) >= 11 is 0. The second-order valence-electron chi connectivity index (χ2n) is 23.8. The molecule has 0 saturated heterocycles. The average molecular weight is 1150 g/mol. The van der Waals surface area contributed by atoms with Gasteiger partial charge in [-0.25, -0.2) is 0 Å². The van der Waals surface area contributed by atoms with E-state index in [1.807, 2.05) is 21.1 Å². The molecule has 2 unspecified atom stereocenters. The van der Waals surface area contributed by atoms with Crippen LogP contribution in [0, 0.1) is 0 Å². The number of hydrogen-bond acceptors (Lipinski definition) is 8. The Morgan fingerprint density at radius 1 is 0.395 bits per heavy atom. The van der Waals surface area contributed by atoms with E-state index < -0.39 is 26.5 Å². The van der Waals surface area contributed by atoms with Crippen molar-refractivity contribution in [3.63, 3.8) is 0 Å². The van der Waals surface area contributed by atoms with Gasteiger partial charge < -0.3 is 27.9 Å². The van der Waals surface area contributed by atoms with E-state index in [2.05, 4.69) is 98.9 Å². The summed E-state index contributed by atoms with van der Waals surface area (Å²) in [6, 6.07) is 0. The van der Waals surface area contributed by atoms with Crippen molar-refractivity contribution >= 4 is 19.8 Å². The first-order chi connectivity index (χ1) is 39.5. The van der Waals surface area contributed by atoms with E-state index in [0.29, 0.717) is 17.4 Å². The molecule has 0 aromatic carbocycles. The Balaban J connectivity index is 4.09. The zero-order chi connectivity index (χ0) is 59.1. The molecule has 10 heteroatoms. The molecule has 0 aliphatic heterocycles. The zero-order valence-electron chi connectivity index (χ0n) is 53.5. The van der Waals surface area contributed by atoms with Crippen molar-refractivity contribution < 1.29 is 42.1 Å². The molecule has 9 nitrogen and oxygen atoms in total. The molecule has 0 amide bonds. The lowest BCUT2D eigenvalue weighted by Gasteiger charge is -2.28. The fourth-order valence-electron chi connectivity index (χ4n) is 9.52. The van der Waals surface area contributed by atoms with Crippen LogP contribution >= 0.6 is 7.82 Å². The Morgan fingerprint density at radius 3 is 1.05 bits per heavy atom. The highest BCUT2D eigenvalue weighted by atomic mass is 31.2. The largest absolute Gasteiger partial charge is 0.756 e. The number of phosphoric acid groups is 1. The average Bonchev–Trinajstić information content (AvgIpc) is 3.43. The van der Waals surface area contributed by atoms with Crippen LogP contribution in [0.15, 0.2) is 85.1 Å². The Labute approximate surface area is 501 Å². The summed E-state index contributed by atoms with van der Waals surface area (Å²) < 4.78 is 34.2. The van der Waals surface area contributed by atoms with Gasteiger partial charge in [0.1, 0.15) is 19.8 Å². The fourth-order valence-corrected chi connectivity index (χ4v) is 10.3. The molecule has 0 heterocycles. The second kappa shape index (κ2) is 61.7. The molecule has 81 heavy (non-hydrogen) atoms. The van der Waals surface area contributed by atoms with E-state index in [1.165, 1.54) is 186 Å². The molecule has 0 aromatic rings. The smallest absolute Gasteiger partial charge is 0.306 e. The highest BCUT2D eigenvalue weighted by Crippen LogP contribution is 2.38. The second-order valence-corrected chi connectivity index (χ2v) is 25.2. The topological polar surface area (TPSA) is 111 Å². The van der Waals surface area contributed by atoms with Gasteiger partial charge in [0.15, 0.2) is 6.10 Å². The molecule has 0 rings (SSSR count). The number of quaternary nitrogens is 1. The van der Waals surface area contributed by atoms with Crippen LogP contribution in [0.5, 0.6) is 0 Å². The molecule has 0 N–H and O–H groups in total. The normalized spacial score (nSPS) is 13.7. The predicted molar refractivity (Wildman–Crippen MR) is 346 cm³/mol. The minimum absolute atomic E-state index is 0.0405. The van der Waals surface area contributed by atoms with Gasteiger partial charge in [0.05, 0.1) is 27.7 Å². The van der Waals surface area contributed by atoms with Gasteiger partial charge in [-0.1, -0.05) is 304 Å². The maximum atomic E-state index is 12.8. The first-order valence-corrected chi connectivity index (χ1v) is 35.3. The summed E-state index contributed by atoms with van der Waals surface area (Å²) in [4.78, 5) is 38.0. The van der Waals surface area contributed by atoms with Crippen LogP contribution < -0.4 is 4.89 Å². The van der Waals surface area contributed by atoms with Gasteiger partial charge in [0, 0.05) is 12.8 Å². The number of rotatable bonds is 62. The van der Waals surface area contributed by atoms with E-state index in [-0.39, 0.29) is 32.0 Å². The number of unbranched alkanes of at least 4 members (excludes halogenated alkanes) is 34. The first-order valence-electron chi connectivity index (χ1n) is 33.8. The molecule has 470 valence electrons. The fraction of sp³-hybridized carbons (Fsp3) is 0.775. The van der Waals surface area contributed by atoms with Crippen LogP contribution in [-0.4, -0.2) is 70.0 Å². The molecular formula is C71H128NO8P. The lowest BCUT2D eigenvalue weighted by molar-refractivity contribution is -0.870. The lowest BCUT2D eigenvalue weighted by Crippen LogP contribution is -2.37. The van der Waals surface area contributed by atoms with Crippen LogP contribution in [0.2, 0.25) is 0 Å². The number of allylic oxidation sites excluding steroid dienone is 14. The molecule has 0 aliphatic carbocycles. The third kappa shape index (κ3) is 66.2. The molecule has 0 spiro atoms. The van der Waals surface area contributed by atoms with E-state index in [0.717, 1.165) is 83.5 Å². The molecule has 0 saturated carbocycles. The molecule has 0 aromatic heterocycles. The van der Waals surface area contributed by atoms with Gasteiger partial charge >= 0.3 is 11.9 Å². The number of nitrogens with zero attached hydrogens (tertiary/aromatic N) is 1. The summed E-state index contributed by atoms with van der Waals surface area (Å²) in [6.45, 7) is 4.12. The maximum Gasteiger partial charge on any atom is 0.306 e. The van der Waals surface area contributed by atoms with Crippen molar-refractivity contribution in [2.24, 2.45) is 0 Å². The summed E-state index contributed by atoms with van der Waals surface area (Å²) in [5.41, 5.74) is 0. The zero-order valence-corrected chi connectivity index (χ0v) is 54.4. The Bertz CT molecular complexity index is 1640. The number of carbonyl (C=O) groups excluding carboxylic acids is 2. The summed E-state index contributed by atoms with van der Waals surface area (Å²) in [5.74, 6) is -0.865. The third-order valence-electron chi connectivity index (χ3n) is 14.7. The molecule has 2 atom stereocenters. The van der Waals surface area contributed by atoms with Gasteiger partial charge in [-0.2, -0.15) is 0 Å². The Kier molecular flexibility index (Phi) is 59.6. The van der Waals surface area contributed by atoms with Gasteiger partial charge in [0.25, 0.3) is 7.82 Å². The third-order valence-corrected chi connectivity index (χ3v) is 15.6. The Morgan fingerprint density at radius 2 is 0.704 bits per heavy atom. The van der Waals surface area contributed by atoms with Crippen LogP contribution in [0.4, 0.5) is 0 Å². The standard InChI is InChI=1S/C71H128NO8P/c1-6-8-10-12-14-16-18-20-22-24-26-28-30-32-33-34-35-36-37-38-40-41-43-45-47-49-51-53-55-57-59-61-63-70(73)77-67-69(68-79-81(75,76)78-66-65-72(3,4)5)80-71(74)64-62-60-58-56-54-52-50-48-46-44-42-39-31-29-27-25-23-21-19-17-15-13-11-9-7-2/h9,11,15,17,21,23,27,29,39,42,46,48,52,54,69H,6-8,10,12-14,16,18-20,22,24-26,28,30-38,40-41,43-45,47,49-51,53,55-68H2,1-5H3/b11-9-,17-15-,23-21-,29-27-,42-39-,48-46-,54-52-. The maximum absolute atomic E-state index is 12.8. The number of phosphoric ester groups is 1. The number of carbonyl (C=O) groups is 2. The molecule has 0 bridgehead atoms. The Hall–Kier alpha value is -2.81. The monoisotopic (exact) mass is 1150 g/mol. The minimum atomic E-state index is -4.65. The van der Waals surface area contributed by atoms with E-state index >= 15 is 0 Å². The number of esters is 2. The molecule has 0 radical (unpaired) electrons. The van der Waals surface area contributed by atoms with Crippen molar-refractivity contribution in [3.05, 3.63) is 85.1 Å². The van der Waals surface area contributed by atoms with Gasteiger partial charge in [0.2, 0.25) is 0 Å². The van der Waals surface area contributed by atoms with Crippen molar-refractivity contribution in [2.45, 2.75) is 309 Å². The first kappa shape index (κ1) is 78.2. The number of ether oxygens (including phenoxy) is 2. The van der Waals surface area contributed by atoms with E-state index in [1.54, 1.807) is 0 Å². The predicted octanol–water partition coefficient (Wildman–Crippen LogP) is 21.1. The van der Waals surface area contributed by atoms with Crippen molar-refractivity contribution in [1.29, 1.82) is 0 Å². The van der Waals surface area contributed by atoms with Crippen LogP contribution in [0.3, 0.4) is 0 Å². The van der Waals surface area contributed by atoms with Crippen LogP contribution in [-0.2, 0) is 32.7 Å². The highest BCUT2D eigenvalue weighted by molar-refractivity contribution is 7.45. The van der Waals surface area contributed by atoms with E-state index in [9.17, 15) is 19.0 Å². The summed E-state index contributed by atoms with van der Waals surface area (Å²) in [5, 5.41) is 0. The van der Waals surface area contributed by atoms with E-state index in [4.69, 9.17) is 18.5 Å². The van der Waals surface area contributed by atoms with Gasteiger partial charge in [-0.15, -0.1) is 0 Å². The number of likely N-dealkylation sites (N-methyl/N-ethyl adjacent to an activating group) is 1. The molecular weight excluding hydrogens is 1030 g/mol. The lowest BCUT2D eigenvalue weighted by atomic mass is 10.0. The highest BCUT2D eigenvalue weighted by Gasteiger charge is 2.22. The quantitative estimate of drug-likeness (QED) is 0.0195. The molecule has 0 fully saturated rings. The van der Waals surface area contributed by atoms with Crippen molar-refractivity contribution in [1.82, 2.24) is 0 Å². The number of hydrogen-bond donors (Lipinski definition) is 0. The summed E-state index contributed by atoms with van der Waals surface area (Å²) in [7, 11) is 1.14.